The fourth-order valence-corrected chi connectivity index (χ4v) is 4.83. The average molecular weight is 322 g/mol. The van der Waals surface area contributed by atoms with Crippen LogP contribution in [0.1, 0.15) is 44.9 Å². The Labute approximate surface area is 139 Å². The minimum atomic E-state index is 0.206. The third-order valence-electron chi connectivity index (χ3n) is 6.17. The van der Waals surface area contributed by atoms with Crippen molar-refractivity contribution in [2.75, 3.05) is 39.4 Å². The van der Waals surface area contributed by atoms with Gasteiger partial charge in [0.1, 0.15) is 0 Å². The quantitative estimate of drug-likeness (QED) is 0.789. The Kier molecular flexibility index (Phi) is 4.88. The SMILES string of the molecule is O=C(CC1CCCC1)N1C[C@@H]2OCCN(CC3CCCO3)[C@@H]2C1. The molecule has 1 saturated carbocycles. The highest BCUT2D eigenvalue weighted by molar-refractivity contribution is 5.77. The fourth-order valence-electron chi connectivity index (χ4n) is 4.83. The second-order valence-corrected chi connectivity index (χ2v) is 7.76. The Morgan fingerprint density at radius 1 is 1.00 bits per heavy atom. The zero-order chi connectivity index (χ0) is 15.6. The summed E-state index contributed by atoms with van der Waals surface area (Å²) in [5.74, 6) is 0.987. The number of morpholine rings is 1. The second kappa shape index (κ2) is 7.08. The minimum absolute atomic E-state index is 0.206. The number of rotatable bonds is 4. The van der Waals surface area contributed by atoms with Crippen molar-refractivity contribution in [3.05, 3.63) is 0 Å². The number of hydrogen-bond donors (Lipinski definition) is 0. The molecule has 0 bridgehead atoms. The maximum Gasteiger partial charge on any atom is 0.222 e. The van der Waals surface area contributed by atoms with Gasteiger partial charge in [-0.15, -0.1) is 0 Å². The molecule has 23 heavy (non-hydrogen) atoms. The molecule has 3 saturated heterocycles. The monoisotopic (exact) mass is 322 g/mol. The number of amides is 1. The van der Waals surface area contributed by atoms with Gasteiger partial charge in [-0.05, 0) is 31.6 Å². The van der Waals surface area contributed by atoms with E-state index >= 15 is 0 Å². The zero-order valence-corrected chi connectivity index (χ0v) is 14.1. The summed E-state index contributed by atoms with van der Waals surface area (Å²) in [7, 11) is 0. The summed E-state index contributed by atoms with van der Waals surface area (Å²) in [5, 5.41) is 0. The molecule has 4 fully saturated rings. The first-order valence-electron chi connectivity index (χ1n) is 9.54. The van der Waals surface area contributed by atoms with E-state index in [0.717, 1.165) is 45.8 Å². The molecule has 3 heterocycles. The van der Waals surface area contributed by atoms with E-state index < -0.39 is 0 Å². The third-order valence-corrected chi connectivity index (χ3v) is 6.17. The van der Waals surface area contributed by atoms with Crippen molar-refractivity contribution in [1.82, 2.24) is 9.80 Å². The Hall–Kier alpha value is -0.650. The number of carbonyl (C=O) groups is 1. The number of fused-ring (bicyclic) bond motifs is 1. The smallest absolute Gasteiger partial charge is 0.222 e. The maximum absolute atomic E-state index is 12.6. The molecule has 130 valence electrons. The molecule has 5 nitrogen and oxygen atoms in total. The lowest BCUT2D eigenvalue weighted by atomic mass is 10.0. The van der Waals surface area contributed by atoms with E-state index in [9.17, 15) is 4.79 Å². The van der Waals surface area contributed by atoms with Crippen LogP contribution in [0.5, 0.6) is 0 Å². The molecular formula is C18H30N2O3. The standard InChI is InChI=1S/C18H30N2O3/c21-18(10-14-4-1-2-5-14)20-12-16-17(13-20)23-9-7-19(16)11-15-6-3-8-22-15/h14-17H,1-13H2/t15?,16-,17+/m1/s1. The molecule has 4 rings (SSSR count). The van der Waals surface area contributed by atoms with Crippen LogP contribution >= 0.6 is 0 Å². The van der Waals surface area contributed by atoms with Gasteiger partial charge in [0.15, 0.2) is 0 Å². The van der Waals surface area contributed by atoms with E-state index in [2.05, 4.69) is 9.80 Å². The van der Waals surface area contributed by atoms with Gasteiger partial charge in [0.05, 0.1) is 24.9 Å². The number of nitrogens with zero attached hydrogens (tertiary/aromatic N) is 2. The molecule has 1 amide bonds. The molecule has 0 aromatic rings. The van der Waals surface area contributed by atoms with Crippen LogP contribution in [-0.2, 0) is 14.3 Å². The van der Waals surface area contributed by atoms with E-state index in [1.807, 2.05) is 0 Å². The molecule has 3 atom stereocenters. The van der Waals surface area contributed by atoms with Gasteiger partial charge in [0, 0.05) is 39.2 Å². The van der Waals surface area contributed by atoms with Gasteiger partial charge in [0.2, 0.25) is 5.91 Å². The third kappa shape index (κ3) is 3.57. The van der Waals surface area contributed by atoms with Crippen LogP contribution in [0.4, 0.5) is 0 Å². The van der Waals surface area contributed by atoms with E-state index in [1.54, 1.807) is 0 Å². The van der Waals surface area contributed by atoms with Crippen LogP contribution in [-0.4, -0.2) is 73.3 Å². The predicted octanol–water partition coefficient (Wildman–Crippen LogP) is 1.66. The van der Waals surface area contributed by atoms with Crippen molar-refractivity contribution in [1.29, 1.82) is 0 Å². The van der Waals surface area contributed by atoms with E-state index in [0.29, 0.717) is 24.0 Å². The van der Waals surface area contributed by atoms with Gasteiger partial charge < -0.3 is 14.4 Å². The van der Waals surface area contributed by atoms with Crippen molar-refractivity contribution in [3.63, 3.8) is 0 Å². The minimum Gasteiger partial charge on any atom is -0.377 e. The molecule has 5 heteroatoms. The molecular weight excluding hydrogens is 292 g/mol. The Morgan fingerprint density at radius 2 is 1.87 bits per heavy atom. The van der Waals surface area contributed by atoms with Crippen molar-refractivity contribution < 1.29 is 14.3 Å². The summed E-state index contributed by atoms with van der Waals surface area (Å²) in [5.41, 5.74) is 0. The normalized spacial score (nSPS) is 35.8. The van der Waals surface area contributed by atoms with Crippen LogP contribution in [0.3, 0.4) is 0 Å². The molecule has 0 N–H and O–H groups in total. The fraction of sp³-hybridized carbons (Fsp3) is 0.944. The lowest BCUT2D eigenvalue weighted by Gasteiger charge is -2.37. The average Bonchev–Trinajstić information content (AvgIpc) is 3.28. The molecule has 0 radical (unpaired) electrons. The number of likely N-dealkylation sites (tertiary alicyclic amines) is 1. The summed E-state index contributed by atoms with van der Waals surface area (Å²) in [6.45, 7) is 5.33. The van der Waals surface area contributed by atoms with E-state index in [1.165, 1.54) is 38.5 Å². The summed E-state index contributed by atoms with van der Waals surface area (Å²) < 4.78 is 11.8. The zero-order valence-electron chi connectivity index (χ0n) is 14.1. The highest BCUT2D eigenvalue weighted by Crippen LogP contribution is 2.30. The summed E-state index contributed by atoms with van der Waals surface area (Å²) in [6.07, 6.45) is 8.82. The molecule has 4 aliphatic rings. The topological polar surface area (TPSA) is 42.0 Å². The lowest BCUT2D eigenvalue weighted by Crippen LogP contribution is -2.52. The Bertz CT molecular complexity index is 418. The molecule has 1 aliphatic carbocycles. The van der Waals surface area contributed by atoms with Crippen molar-refractivity contribution in [2.45, 2.75) is 63.2 Å². The van der Waals surface area contributed by atoms with Crippen LogP contribution in [0.25, 0.3) is 0 Å². The highest BCUT2D eigenvalue weighted by atomic mass is 16.5. The van der Waals surface area contributed by atoms with Crippen molar-refractivity contribution in [2.24, 2.45) is 5.92 Å². The predicted molar refractivity (Wildman–Crippen MR) is 87.2 cm³/mol. The molecule has 0 aromatic carbocycles. The molecule has 0 aromatic heterocycles. The lowest BCUT2D eigenvalue weighted by molar-refractivity contribution is -0.131. The highest BCUT2D eigenvalue weighted by Gasteiger charge is 2.42. The second-order valence-electron chi connectivity index (χ2n) is 7.76. The molecule has 3 aliphatic heterocycles. The Balaban J connectivity index is 1.33. The van der Waals surface area contributed by atoms with Gasteiger partial charge in [0.25, 0.3) is 0 Å². The van der Waals surface area contributed by atoms with Crippen LogP contribution < -0.4 is 0 Å². The number of ether oxygens (including phenoxy) is 2. The van der Waals surface area contributed by atoms with Crippen LogP contribution in [0.2, 0.25) is 0 Å². The first-order valence-corrected chi connectivity index (χ1v) is 9.54. The van der Waals surface area contributed by atoms with Gasteiger partial charge >= 0.3 is 0 Å². The molecule has 1 unspecified atom stereocenters. The first kappa shape index (κ1) is 15.9. The maximum atomic E-state index is 12.6. The number of hydrogen-bond acceptors (Lipinski definition) is 4. The summed E-state index contributed by atoms with van der Waals surface area (Å²) in [4.78, 5) is 17.2. The number of carbonyl (C=O) groups excluding carboxylic acids is 1. The van der Waals surface area contributed by atoms with Crippen LogP contribution in [0, 0.1) is 5.92 Å². The summed E-state index contributed by atoms with van der Waals surface area (Å²) >= 11 is 0. The largest absolute Gasteiger partial charge is 0.377 e. The van der Waals surface area contributed by atoms with E-state index in [4.69, 9.17) is 9.47 Å². The van der Waals surface area contributed by atoms with Crippen molar-refractivity contribution in [3.8, 4) is 0 Å². The van der Waals surface area contributed by atoms with Crippen LogP contribution in [0.15, 0.2) is 0 Å². The molecule has 0 spiro atoms. The van der Waals surface area contributed by atoms with E-state index in [-0.39, 0.29) is 6.10 Å². The summed E-state index contributed by atoms with van der Waals surface area (Å²) in [6, 6.07) is 0.375. The van der Waals surface area contributed by atoms with Gasteiger partial charge in [-0.1, -0.05) is 12.8 Å². The Morgan fingerprint density at radius 3 is 2.65 bits per heavy atom. The van der Waals surface area contributed by atoms with Gasteiger partial charge in [-0.25, -0.2) is 0 Å². The van der Waals surface area contributed by atoms with Gasteiger partial charge in [-0.3, -0.25) is 9.69 Å². The first-order chi connectivity index (χ1) is 11.3. The van der Waals surface area contributed by atoms with Crippen molar-refractivity contribution >= 4 is 5.91 Å². The van der Waals surface area contributed by atoms with Gasteiger partial charge in [-0.2, -0.15) is 0 Å².